The molecule has 0 radical (unpaired) electrons. The van der Waals surface area contributed by atoms with E-state index in [1.165, 1.54) is 11.2 Å². The van der Waals surface area contributed by atoms with E-state index in [0.717, 1.165) is 31.7 Å². The number of benzene rings is 1. The molecule has 2 amide bonds. The number of hydrazine groups is 3. The summed E-state index contributed by atoms with van der Waals surface area (Å²) in [5, 5.41) is 3.38. The van der Waals surface area contributed by atoms with E-state index in [4.69, 9.17) is 12.2 Å². The Labute approximate surface area is 170 Å². The molecular formula is C18H27N7O2S. The number of nitrogens with zero attached hydrogens (tertiary/aromatic N) is 3. The standard InChI is InChI=1S/C18H27N7O2S/c1-19-21-16(26)15(13-20-25-11-9-23(2)10-12-25)17(27)22-24(3)18(28)14-7-5-4-6-8-14/h4-8,13,19-20H,9-12H2,1-3H3,(H,21,26)(H,22,27)/b15-13+. The number of thiocarbonyl (C=S) groups is 1. The van der Waals surface area contributed by atoms with Gasteiger partial charge in [0.2, 0.25) is 0 Å². The normalized spacial score (nSPS) is 15.6. The number of likely N-dealkylation sites (N-methyl/N-ethyl adjacent to an activating group) is 1. The summed E-state index contributed by atoms with van der Waals surface area (Å²) in [7, 11) is 5.24. The van der Waals surface area contributed by atoms with Crippen molar-refractivity contribution in [3.8, 4) is 0 Å². The van der Waals surface area contributed by atoms with Crippen LogP contribution in [0.3, 0.4) is 0 Å². The Bertz CT molecular complexity index is 718. The third-order valence-electron chi connectivity index (χ3n) is 4.22. The van der Waals surface area contributed by atoms with Gasteiger partial charge in [-0.15, -0.1) is 0 Å². The van der Waals surface area contributed by atoms with Crippen LogP contribution in [0.4, 0.5) is 0 Å². The van der Waals surface area contributed by atoms with Crippen LogP contribution in [-0.4, -0.2) is 79.0 Å². The zero-order chi connectivity index (χ0) is 20.5. The summed E-state index contributed by atoms with van der Waals surface area (Å²) in [4.78, 5) is 27.7. The summed E-state index contributed by atoms with van der Waals surface area (Å²) in [5.41, 5.74) is 11.4. The van der Waals surface area contributed by atoms with Crippen LogP contribution in [0.15, 0.2) is 42.1 Å². The SMILES string of the molecule is CNNC(=O)/C(=C\NN1CCN(C)CC1)C(=O)NN(C)C(=S)c1ccccc1. The van der Waals surface area contributed by atoms with Crippen LogP contribution >= 0.6 is 12.2 Å². The molecule has 0 bridgehead atoms. The van der Waals surface area contributed by atoms with Gasteiger partial charge < -0.3 is 10.3 Å². The van der Waals surface area contributed by atoms with Crippen LogP contribution in [0.2, 0.25) is 0 Å². The Morgan fingerprint density at radius 2 is 1.75 bits per heavy atom. The van der Waals surface area contributed by atoms with E-state index < -0.39 is 11.8 Å². The monoisotopic (exact) mass is 405 g/mol. The molecule has 1 aliphatic heterocycles. The fraction of sp³-hybridized carbons (Fsp3) is 0.389. The smallest absolute Gasteiger partial charge is 0.276 e. The largest absolute Gasteiger partial charge is 0.325 e. The summed E-state index contributed by atoms with van der Waals surface area (Å²) < 4.78 is 0. The molecule has 0 atom stereocenters. The number of amides is 2. The summed E-state index contributed by atoms with van der Waals surface area (Å²) >= 11 is 5.39. The van der Waals surface area contributed by atoms with Gasteiger partial charge in [-0.2, -0.15) is 0 Å². The second-order valence-corrected chi connectivity index (χ2v) is 6.74. The zero-order valence-corrected chi connectivity index (χ0v) is 17.2. The van der Waals surface area contributed by atoms with Gasteiger partial charge in [-0.3, -0.25) is 25.4 Å². The molecule has 28 heavy (non-hydrogen) atoms. The molecule has 152 valence electrons. The number of carbonyl (C=O) groups is 2. The van der Waals surface area contributed by atoms with Gasteiger partial charge in [-0.25, -0.2) is 10.4 Å². The van der Waals surface area contributed by atoms with Gasteiger partial charge in [0, 0.05) is 52.0 Å². The number of rotatable bonds is 6. The van der Waals surface area contributed by atoms with Gasteiger partial charge in [0.15, 0.2) is 0 Å². The highest BCUT2D eigenvalue weighted by Crippen LogP contribution is 2.04. The minimum absolute atomic E-state index is 0.0732. The predicted molar refractivity (Wildman–Crippen MR) is 112 cm³/mol. The first kappa shape index (κ1) is 21.8. The highest BCUT2D eigenvalue weighted by Gasteiger charge is 2.21. The van der Waals surface area contributed by atoms with Gasteiger partial charge in [0.05, 0.1) is 0 Å². The van der Waals surface area contributed by atoms with Crippen molar-refractivity contribution in [2.75, 3.05) is 47.3 Å². The molecule has 1 aromatic carbocycles. The first-order chi connectivity index (χ1) is 13.4. The molecule has 1 saturated heterocycles. The molecule has 1 heterocycles. The number of piperazine rings is 1. The van der Waals surface area contributed by atoms with Gasteiger partial charge in [0.1, 0.15) is 10.6 Å². The van der Waals surface area contributed by atoms with Crippen molar-refractivity contribution in [2.45, 2.75) is 0 Å². The fourth-order valence-electron chi connectivity index (χ4n) is 2.54. The average Bonchev–Trinajstić information content (AvgIpc) is 2.69. The Kier molecular flexibility index (Phi) is 8.33. The third-order valence-corrected chi connectivity index (χ3v) is 4.73. The Morgan fingerprint density at radius 1 is 1.11 bits per heavy atom. The van der Waals surface area contributed by atoms with Gasteiger partial charge in [-0.1, -0.05) is 42.5 Å². The van der Waals surface area contributed by atoms with Crippen LogP contribution in [0, 0.1) is 0 Å². The van der Waals surface area contributed by atoms with E-state index in [-0.39, 0.29) is 5.57 Å². The fourth-order valence-corrected chi connectivity index (χ4v) is 2.73. The molecule has 1 fully saturated rings. The molecule has 9 nitrogen and oxygen atoms in total. The molecule has 0 aliphatic carbocycles. The van der Waals surface area contributed by atoms with E-state index in [2.05, 4.69) is 33.7 Å². The van der Waals surface area contributed by atoms with E-state index in [1.807, 2.05) is 35.3 Å². The van der Waals surface area contributed by atoms with Crippen LogP contribution in [0.25, 0.3) is 0 Å². The first-order valence-corrected chi connectivity index (χ1v) is 9.34. The van der Waals surface area contributed by atoms with Crippen LogP contribution in [-0.2, 0) is 9.59 Å². The Hall–Kier alpha value is -2.53. The second-order valence-electron chi connectivity index (χ2n) is 6.35. The topological polar surface area (TPSA) is 92.0 Å². The van der Waals surface area contributed by atoms with Crippen molar-refractivity contribution in [2.24, 2.45) is 0 Å². The Morgan fingerprint density at radius 3 is 2.36 bits per heavy atom. The summed E-state index contributed by atoms with van der Waals surface area (Å²) in [6, 6.07) is 9.32. The van der Waals surface area contributed by atoms with E-state index in [1.54, 1.807) is 14.1 Å². The molecule has 0 saturated carbocycles. The molecule has 10 heteroatoms. The lowest BCUT2D eigenvalue weighted by Crippen LogP contribution is -2.50. The van der Waals surface area contributed by atoms with Gasteiger partial charge in [-0.05, 0) is 7.05 Å². The highest BCUT2D eigenvalue weighted by molar-refractivity contribution is 7.80. The molecule has 0 unspecified atom stereocenters. The van der Waals surface area contributed by atoms with Gasteiger partial charge >= 0.3 is 0 Å². The molecule has 1 aromatic rings. The van der Waals surface area contributed by atoms with Crippen LogP contribution < -0.4 is 21.7 Å². The van der Waals surface area contributed by atoms with E-state index in [0.29, 0.717) is 4.99 Å². The van der Waals surface area contributed by atoms with Crippen molar-refractivity contribution < 1.29 is 9.59 Å². The number of carbonyl (C=O) groups excluding carboxylic acids is 2. The lowest BCUT2D eigenvalue weighted by molar-refractivity contribution is -0.125. The molecule has 1 aliphatic rings. The zero-order valence-electron chi connectivity index (χ0n) is 16.4. The minimum atomic E-state index is -0.574. The van der Waals surface area contributed by atoms with Crippen LogP contribution in [0.1, 0.15) is 5.56 Å². The minimum Gasteiger partial charge on any atom is -0.325 e. The quantitative estimate of drug-likeness (QED) is 0.161. The second kappa shape index (κ2) is 10.7. The third kappa shape index (κ3) is 6.27. The molecule has 0 spiro atoms. The lowest BCUT2D eigenvalue weighted by atomic mass is 10.2. The van der Waals surface area contributed by atoms with Crippen molar-refractivity contribution >= 4 is 29.0 Å². The van der Waals surface area contributed by atoms with Crippen molar-refractivity contribution in [1.82, 2.24) is 36.6 Å². The van der Waals surface area contributed by atoms with E-state index >= 15 is 0 Å². The van der Waals surface area contributed by atoms with E-state index in [9.17, 15) is 9.59 Å². The molecule has 0 aromatic heterocycles. The summed E-state index contributed by atoms with van der Waals surface area (Å²) in [6.45, 7) is 3.37. The maximum atomic E-state index is 12.7. The summed E-state index contributed by atoms with van der Waals surface area (Å²) in [5.74, 6) is -1.13. The summed E-state index contributed by atoms with van der Waals surface area (Å²) in [6.07, 6.45) is 1.41. The Balaban J connectivity index is 2.05. The van der Waals surface area contributed by atoms with Crippen LogP contribution in [0.5, 0.6) is 0 Å². The van der Waals surface area contributed by atoms with Crippen molar-refractivity contribution in [3.05, 3.63) is 47.7 Å². The average molecular weight is 406 g/mol. The maximum absolute atomic E-state index is 12.7. The number of hydrogen-bond acceptors (Lipinski definition) is 7. The highest BCUT2D eigenvalue weighted by atomic mass is 32.1. The number of nitrogens with one attached hydrogen (secondary N) is 4. The molecular weight excluding hydrogens is 378 g/mol. The maximum Gasteiger partial charge on any atom is 0.276 e. The van der Waals surface area contributed by atoms with Crippen molar-refractivity contribution in [3.63, 3.8) is 0 Å². The van der Waals surface area contributed by atoms with Gasteiger partial charge in [0.25, 0.3) is 11.8 Å². The van der Waals surface area contributed by atoms with Crippen molar-refractivity contribution in [1.29, 1.82) is 0 Å². The molecule has 2 rings (SSSR count). The predicted octanol–water partition coefficient (Wildman–Crippen LogP) is -0.788. The number of hydrogen-bond donors (Lipinski definition) is 4. The molecule has 4 N–H and O–H groups in total. The lowest BCUT2D eigenvalue weighted by Gasteiger charge is -2.32. The first-order valence-electron chi connectivity index (χ1n) is 8.93.